The first-order chi connectivity index (χ1) is 11.8. The Morgan fingerprint density at radius 3 is 2.56 bits per heavy atom. The van der Waals surface area contributed by atoms with E-state index in [0.29, 0.717) is 37.7 Å². The van der Waals surface area contributed by atoms with Crippen molar-refractivity contribution in [2.24, 2.45) is 21.7 Å². The van der Waals surface area contributed by atoms with Crippen LogP contribution in [0.15, 0.2) is 35.3 Å². The number of hydrogen-bond acceptors (Lipinski definition) is 4. The molecule has 25 heavy (non-hydrogen) atoms. The smallest absolute Gasteiger partial charge is 0.237 e. The predicted molar refractivity (Wildman–Crippen MR) is 96.9 cm³/mol. The molecule has 134 valence electrons. The Morgan fingerprint density at radius 1 is 1.24 bits per heavy atom. The number of hydrogen-bond donors (Lipinski definition) is 0. The highest BCUT2D eigenvalue weighted by Gasteiger charge is 2.65. The summed E-state index contributed by atoms with van der Waals surface area (Å²) in [6, 6.07) is 9.41. The van der Waals surface area contributed by atoms with Gasteiger partial charge >= 0.3 is 0 Å². The van der Waals surface area contributed by atoms with E-state index in [1.807, 2.05) is 30.3 Å². The summed E-state index contributed by atoms with van der Waals surface area (Å²) < 4.78 is 28.0. The summed E-state index contributed by atoms with van der Waals surface area (Å²) in [7, 11) is -3.61. The molecule has 2 saturated carbocycles. The Kier molecular flexibility index (Phi) is 3.62. The topological polar surface area (TPSA) is 66.8 Å². The highest BCUT2D eigenvalue weighted by molar-refractivity contribution is 7.89. The summed E-state index contributed by atoms with van der Waals surface area (Å²) in [4.78, 5) is 17.1. The van der Waals surface area contributed by atoms with Gasteiger partial charge in [0.15, 0.2) is 0 Å². The summed E-state index contributed by atoms with van der Waals surface area (Å²) in [6.45, 7) is 4.97. The number of rotatable bonds is 4. The van der Waals surface area contributed by atoms with Gasteiger partial charge in [-0.1, -0.05) is 44.2 Å². The molecule has 0 saturated heterocycles. The lowest BCUT2D eigenvalue weighted by molar-refractivity contribution is -0.128. The highest BCUT2D eigenvalue weighted by Crippen LogP contribution is 2.64. The van der Waals surface area contributed by atoms with Crippen LogP contribution in [0, 0.1) is 16.7 Å². The molecule has 0 unspecified atom stereocenters. The molecule has 2 aliphatic carbocycles. The molecule has 0 amide bonds. The second-order valence-corrected chi connectivity index (χ2v) is 9.96. The Bertz CT molecular complexity index is 845. The average Bonchev–Trinajstić information content (AvgIpc) is 3.19. The van der Waals surface area contributed by atoms with E-state index in [2.05, 4.69) is 18.8 Å². The molecule has 2 fully saturated rings. The van der Waals surface area contributed by atoms with Gasteiger partial charge in [0.05, 0.1) is 24.3 Å². The number of benzene rings is 1. The molecular weight excluding hydrogens is 336 g/mol. The standard InChI is InChI=1S/C19H24N2O3S/c1-18(2)15-8-9-19(18,16(22)12-15)13-25(23,24)21-11-10-20-17(21)14-6-4-3-5-7-14/h3-7,15H,8-13H2,1-2H3/t15-,19+/m0/s1. The lowest BCUT2D eigenvalue weighted by atomic mass is 9.70. The van der Waals surface area contributed by atoms with Crippen LogP contribution in [-0.2, 0) is 14.8 Å². The second-order valence-electron chi connectivity index (χ2n) is 8.07. The molecule has 6 heteroatoms. The lowest BCUT2D eigenvalue weighted by Crippen LogP contribution is -2.47. The van der Waals surface area contributed by atoms with Crippen LogP contribution in [0.4, 0.5) is 0 Å². The normalized spacial score (nSPS) is 30.8. The summed E-state index contributed by atoms with van der Waals surface area (Å²) in [6.07, 6.45) is 2.17. The van der Waals surface area contributed by atoms with Gasteiger partial charge in [-0.2, -0.15) is 0 Å². The lowest BCUT2D eigenvalue weighted by Gasteiger charge is -2.37. The third-order valence-corrected chi connectivity index (χ3v) is 8.62. The SMILES string of the molecule is CC1(C)[C@H]2CC[C@@]1(CS(=O)(=O)N1CCN=C1c1ccccc1)C(=O)C2. The summed E-state index contributed by atoms with van der Waals surface area (Å²) >= 11 is 0. The van der Waals surface area contributed by atoms with Gasteiger partial charge in [-0.15, -0.1) is 0 Å². The van der Waals surface area contributed by atoms with Gasteiger partial charge in [0.1, 0.15) is 11.6 Å². The molecule has 1 heterocycles. The van der Waals surface area contributed by atoms with Gasteiger partial charge in [-0.3, -0.25) is 14.1 Å². The van der Waals surface area contributed by atoms with Crippen molar-refractivity contribution in [2.45, 2.75) is 33.1 Å². The molecule has 3 aliphatic rings. The number of amidine groups is 1. The van der Waals surface area contributed by atoms with Crippen LogP contribution in [0.3, 0.4) is 0 Å². The van der Waals surface area contributed by atoms with Gasteiger partial charge < -0.3 is 0 Å². The number of fused-ring (bicyclic) bond motifs is 2. The number of aliphatic imine (C=N–C) groups is 1. The maximum absolute atomic E-state index is 13.3. The van der Waals surface area contributed by atoms with E-state index >= 15 is 0 Å². The molecule has 2 bridgehead atoms. The third-order valence-electron chi connectivity index (χ3n) is 6.74. The molecule has 4 rings (SSSR count). The van der Waals surface area contributed by atoms with Crippen molar-refractivity contribution in [3.05, 3.63) is 35.9 Å². The molecule has 2 atom stereocenters. The van der Waals surface area contributed by atoms with Gasteiger partial charge in [0.25, 0.3) is 0 Å². The first-order valence-electron chi connectivity index (χ1n) is 8.91. The predicted octanol–water partition coefficient (Wildman–Crippen LogP) is 2.47. The van der Waals surface area contributed by atoms with E-state index in [-0.39, 0.29) is 17.0 Å². The number of nitrogens with zero attached hydrogens (tertiary/aromatic N) is 2. The van der Waals surface area contributed by atoms with Crippen LogP contribution in [0.2, 0.25) is 0 Å². The molecule has 0 aromatic heterocycles. The molecular formula is C19H24N2O3S. The Balaban J connectivity index is 1.67. The number of carbonyl (C=O) groups is 1. The molecule has 0 radical (unpaired) electrons. The minimum atomic E-state index is -3.61. The number of Topliss-reactive ketones (excluding diaryl/α,β-unsaturated/α-hetero) is 1. The third kappa shape index (κ3) is 2.30. The maximum atomic E-state index is 13.3. The van der Waals surface area contributed by atoms with Crippen molar-refractivity contribution in [3.63, 3.8) is 0 Å². The monoisotopic (exact) mass is 360 g/mol. The molecule has 0 spiro atoms. The summed E-state index contributed by atoms with van der Waals surface area (Å²) in [5.41, 5.74) is -0.177. The fourth-order valence-corrected chi connectivity index (χ4v) is 7.26. The zero-order valence-corrected chi connectivity index (χ0v) is 15.6. The zero-order valence-electron chi connectivity index (χ0n) is 14.7. The van der Waals surface area contributed by atoms with Crippen molar-refractivity contribution >= 4 is 21.6 Å². The quantitative estimate of drug-likeness (QED) is 0.828. The van der Waals surface area contributed by atoms with E-state index in [0.717, 1.165) is 12.0 Å². The van der Waals surface area contributed by atoms with E-state index in [1.165, 1.54) is 4.31 Å². The van der Waals surface area contributed by atoms with Crippen LogP contribution in [0.1, 0.15) is 38.7 Å². The van der Waals surface area contributed by atoms with Crippen molar-refractivity contribution in [2.75, 3.05) is 18.8 Å². The van der Waals surface area contributed by atoms with Gasteiger partial charge in [0.2, 0.25) is 10.0 Å². The number of ketones is 1. The maximum Gasteiger partial charge on any atom is 0.237 e. The number of sulfonamides is 1. The zero-order chi connectivity index (χ0) is 17.9. The first-order valence-corrected chi connectivity index (χ1v) is 10.5. The Morgan fingerprint density at radius 2 is 1.96 bits per heavy atom. The van der Waals surface area contributed by atoms with Crippen LogP contribution < -0.4 is 0 Å². The minimum Gasteiger partial charge on any atom is -0.299 e. The van der Waals surface area contributed by atoms with Gasteiger partial charge in [-0.25, -0.2) is 8.42 Å². The minimum absolute atomic E-state index is 0.0891. The fraction of sp³-hybridized carbons (Fsp3) is 0.579. The summed E-state index contributed by atoms with van der Waals surface area (Å²) in [5.74, 6) is 0.870. The fourth-order valence-electron chi connectivity index (χ4n) is 5.02. The first kappa shape index (κ1) is 16.8. The van der Waals surface area contributed by atoms with Gasteiger partial charge in [-0.05, 0) is 24.2 Å². The van der Waals surface area contributed by atoms with Crippen LogP contribution >= 0.6 is 0 Å². The van der Waals surface area contributed by atoms with Crippen LogP contribution in [0.25, 0.3) is 0 Å². The second kappa shape index (κ2) is 5.40. The van der Waals surface area contributed by atoms with Crippen molar-refractivity contribution in [3.8, 4) is 0 Å². The van der Waals surface area contributed by atoms with Crippen molar-refractivity contribution < 1.29 is 13.2 Å². The average molecular weight is 360 g/mol. The highest BCUT2D eigenvalue weighted by atomic mass is 32.2. The van der Waals surface area contributed by atoms with E-state index in [9.17, 15) is 13.2 Å². The number of carbonyl (C=O) groups excluding carboxylic acids is 1. The Hall–Kier alpha value is -1.69. The van der Waals surface area contributed by atoms with Crippen molar-refractivity contribution in [1.82, 2.24) is 4.31 Å². The largest absolute Gasteiger partial charge is 0.299 e. The summed E-state index contributed by atoms with van der Waals surface area (Å²) in [5, 5.41) is 0. The Labute approximate surface area is 149 Å². The van der Waals surface area contributed by atoms with E-state index in [4.69, 9.17) is 0 Å². The molecule has 1 aliphatic heterocycles. The molecule has 1 aromatic carbocycles. The molecule has 1 aromatic rings. The van der Waals surface area contributed by atoms with E-state index in [1.54, 1.807) is 0 Å². The van der Waals surface area contributed by atoms with E-state index < -0.39 is 15.4 Å². The van der Waals surface area contributed by atoms with Crippen LogP contribution in [-0.4, -0.2) is 43.2 Å². The van der Waals surface area contributed by atoms with Gasteiger partial charge in [0, 0.05) is 12.0 Å². The van der Waals surface area contributed by atoms with Crippen LogP contribution in [0.5, 0.6) is 0 Å². The van der Waals surface area contributed by atoms with Crippen molar-refractivity contribution in [1.29, 1.82) is 0 Å². The molecule has 0 N–H and O–H groups in total. The molecule has 5 nitrogen and oxygen atoms in total.